The third-order valence-corrected chi connectivity index (χ3v) is 4.61. The fourth-order valence-electron chi connectivity index (χ4n) is 2.19. The Hall–Kier alpha value is -1.49. The number of carboxylic acids is 1. The van der Waals surface area contributed by atoms with Crippen LogP contribution in [0.2, 0.25) is 0 Å². The number of pyridine rings is 1. The molecule has 0 aliphatic rings. The van der Waals surface area contributed by atoms with Crippen LogP contribution in [0.15, 0.2) is 23.4 Å². The number of aryl methyl sites for hydroxylation is 1. The fraction of sp³-hybridized carbons (Fsp3) is 0.500. The van der Waals surface area contributed by atoms with Crippen LogP contribution in [-0.2, 0) is 11.2 Å². The minimum Gasteiger partial charge on any atom is -0.480 e. The molecule has 0 aromatic carbocycles. The van der Waals surface area contributed by atoms with E-state index in [0.717, 1.165) is 22.8 Å². The highest BCUT2D eigenvalue weighted by atomic mass is 32.2. The first kappa shape index (κ1) is 15.9. The van der Waals surface area contributed by atoms with E-state index in [4.69, 9.17) is 0 Å². The van der Waals surface area contributed by atoms with E-state index in [1.54, 1.807) is 13.8 Å². The van der Waals surface area contributed by atoms with Gasteiger partial charge in [-0.25, -0.2) is 4.98 Å². The molecule has 114 valence electrons. The molecular formula is C16H22N2O2S. The molecule has 2 heterocycles. The normalized spacial score (nSPS) is 12.3. The van der Waals surface area contributed by atoms with Crippen LogP contribution in [0.1, 0.15) is 39.0 Å². The van der Waals surface area contributed by atoms with Gasteiger partial charge < -0.3 is 5.11 Å². The third kappa shape index (κ3) is 3.40. The summed E-state index contributed by atoms with van der Waals surface area (Å²) in [6, 6.07) is 4.07. The lowest BCUT2D eigenvalue weighted by molar-refractivity contribution is -0.138. The summed E-state index contributed by atoms with van der Waals surface area (Å²) in [6.07, 6.45) is 2.89. The Morgan fingerprint density at radius 3 is 2.67 bits per heavy atom. The molecule has 0 unspecified atom stereocenters. The van der Waals surface area contributed by atoms with E-state index in [-0.39, 0.29) is 0 Å². The Morgan fingerprint density at radius 1 is 1.43 bits per heavy atom. The van der Waals surface area contributed by atoms with Crippen molar-refractivity contribution in [3.05, 3.63) is 29.6 Å². The van der Waals surface area contributed by atoms with Gasteiger partial charge in [0.25, 0.3) is 0 Å². The Kier molecular flexibility index (Phi) is 4.33. The van der Waals surface area contributed by atoms with Crippen molar-refractivity contribution >= 4 is 23.4 Å². The minimum atomic E-state index is -0.877. The summed E-state index contributed by atoms with van der Waals surface area (Å²) in [5.41, 5.74) is 2.98. The number of hydrogen-bond donors (Lipinski definition) is 1. The van der Waals surface area contributed by atoms with Crippen molar-refractivity contribution in [2.75, 3.05) is 0 Å². The molecule has 2 rings (SSSR count). The van der Waals surface area contributed by atoms with Crippen molar-refractivity contribution in [3.8, 4) is 0 Å². The Bertz CT molecular complexity index is 674. The van der Waals surface area contributed by atoms with Crippen molar-refractivity contribution in [2.24, 2.45) is 5.92 Å². The highest BCUT2D eigenvalue weighted by Crippen LogP contribution is 2.36. The molecule has 0 atom stereocenters. The van der Waals surface area contributed by atoms with Gasteiger partial charge in [0.15, 0.2) is 0 Å². The van der Waals surface area contributed by atoms with Gasteiger partial charge in [-0.15, -0.1) is 0 Å². The Morgan fingerprint density at radius 2 is 2.10 bits per heavy atom. The van der Waals surface area contributed by atoms with E-state index >= 15 is 0 Å². The molecule has 4 nitrogen and oxygen atoms in total. The van der Waals surface area contributed by atoms with Gasteiger partial charge in [0, 0.05) is 6.20 Å². The van der Waals surface area contributed by atoms with Crippen molar-refractivity contribution in [1.29, 1.82) is 0 Å². The number of carboxylic acid groups (broad SMARTS) is 1. The van der Waals surface area contributed by atoms with Crippen LogP contribution in [0, 0.1) is 12.8 Å². The quantitative estimate of drug-likeness (QED) is 0.854. The summed E-state index contributed by atoms with van der Waals surface area (Å²) in [7, 11) is 0. The monoisotopic (exact) mass is 306 g/mol. The van der Waals surface area contributed by atoms with Gasteiger partial charge in [0.1, 0.15) is 10.4 Å². The van der Waals surface area contributed by atoms with E-state index in [1.165, 1.54) is 17.3 Å². The van der Waals surface area contributed by atoms with Gasteiger partial charge in [-0.05, 0) is 44.7 Å². The maximum atomic E-state index is 11.5. The average Bonchev–Trinajstić information content (AvgIpc) is 2.72. The molecule has 1 N–H and O–H groups in total. The topological polar surface area (TPSA) is 54.6 Å². The van der Waals surface area contributed by atoms with Crippen LogP contribution < -0.4 is 0 Å². The number of carbonyl (C=O) groups is 1. The van der Waals surface area contributed by atoms with Gasteiger partial charge in [0.2, 0.25) is 0 Å². The molecule has 0 aliphatic heterocycles. The second-order valence-corrected chi connectivity index (χ2v) is 7.90. The number of aliphatic carboxylic acids is 1. The maximum absolute atomic E-state index is 11.5. The van der Waals surface area contributed by atoms with Crippen LogP contribution in [0.25, 0.3) is 5.65 Å². The summed E-state index contributed by atoms with van der Waals surface area (Å²) < 4.78 is 1.14. The van der Waals surface area contributed by atoms with E-state index in [9.17, 15) is 9.90 Å². The zero-order valence-electron chi connectivity index (χ0n) is 13.2. The largest absolute Gasteiger partial charge is 0.480 e. The Balaban J connectivity index is 2.57. The number of imidazole rings is 1. The van der Waals surface area contributed by atoms with Crippen LogP contribution >= 0.6 is 11.8 Å². The molecule has 2 aromatic rings. The molecule has 5 heteroatoms. The van der Waals surface area contributed by atoms with Gasteiger partial charge in [-0.1, -0.05) is 31.7 Å². The number of hydrogen-bond acceptors (Lipinski definition) is 3. The first-order valence-corrected chi connectivity index (χ1v) is 7.92. The van der Waals surface area contributed by atoms with E-state index < -0.39 is 10.7 Å². The van der Waals surface area contributed by atoms with E-state index in [1.807, 2.05) is 23.6 Å². The Labute approximate surface area is 129 Å². The second kappa shape index (κ2) is 5.72. The molecule has 0 fully saturated rings. The summed E-state index contributed by atoms with van der Waals surface area (Å²) in [6.45, 7) is 9.76. The zero-order valence-corrected chi connectivity index (χ0v) is 14.0. The molecule has 0 amide bonds. The fourth-order valence-corrected chi connectivity index (χ4v) is 3.29. The number of thioether (sulfide) groups is 1. The first-order valence-electron chi connectivity index (χ1n) is 7.10. The summed E-state index contributed by atoms with van der Waals surface area (Å²) in [5, 5.41) is 10.4. The van der Waals surface area contributed by atoms with Crippen molar-refractivity contribution in [2.45, 2.75) is 50.8 Å². The molecule has 0 saturated carbocycles. The van der Waals surface area contributed by atoms with E-state index in [0.29, 0.717) is 5.92 Å². The minimum absolute atomic E-state index is 0.513. The van der Waals surface area contributed by atoms with Gasteiger partial charge in [0.05, 0.1) is 10.7 Å². The van der Waals surface area contributed by atoms with Crippen molar-refractivity contribution < 1.29 is 9.90 Å². The molecule has 0 aliphatic carbocycles. The molecule has 0 radical (unpaired) electrons. The maximum Gasteiger partial charge on any atom is 0.319 e. The lowest BCUT2D eigenvalue weighted by Gasteiger charge is -2.22. The average molecular weight is 306 g/mol. The molecule has 2 aromatic heterocycles. The SMILES string of the molecule is Cc1cn2c(SC(C)(C)C(=O)O)c(CC(C)C)ccc2n1. The molecule has 0 saturated heterocycles. The number of rotatable bonds is 5. The highest BCUT2D eigenvalue weighted by molar-refractivity contribution is 8.01. The highest BCUT2D eigenvalue weighted by Gasteiger charge is 2.30. The number of nitrogens with zero attached hydrogens (tertiary/aromatic N) is 2. The predicted molar refractivity (Wildman–Crippen MR) is 86.0 cm³/mol. The number of aromatic nitrogens is 2. The summed E-state index contributed by atoms with van der Waals surface area (Å²) >= 11 is 1.39. The van der Waals surface area contributed by atoms with Crippen molar-refractivity contribution in [1.82, 2.24) is 9.38 Å². The van der Waals surface area contributed by atoms with Gasteiger partial charge in [-0.2, -0.15) is 0 Å². The van der Waals surface area contributed by atoms with Crippen LogP contribution in [-0.4, -0.2) is 25.2 Å². The van der Waals surface area contributed by atoms with E-state index in [2.05, 4.69) is 24.9 Å². The number of fused-ring (bicyclic) bond motifs is 1. The van der Waals surface area contributed by atoms with Crippen LogP contribution in [0.3, 0.4) is 0 Å². The molecular weight excluding hydrogens is 284 g/mol. The summed E-state index contributed by atoms with van der Waals surface area (Å²) in [4.78, 5) is 15.9. The smallest absolute Gasteiger partial charge is 0.319 e. The molecule has 0 spiro atoms. The lowest BCUT2D eigenvalue weighted by Crippen LogP contribution is -2.27. The molecule has 0 bridgehead atoms. The zero-order chi connectivity index (χ0) is 15.8. The van der Waals surface area contributed by atoms with Crippen LogP contribution in [0.5, 0.6) is 0 Å². The second-order valence-electron chi connectivity index (χ2n) is 6.29. The predicted octanol–water partition coefficient (Wildman–Crippen LogP) is 3.80. The van der Waals surface area contributed by atoms with Crippen molar-refractivity contribution in [3.63, 3.8) is 0 Å². The third-order valence-electron chi connectivity index (χ3n) is 3.28. The first-order chi connectivity index (χ1) is 9.70. The van der Waals surface area contributed by atoms with Crippen LogP contribution in [0.4, 0.5) is 0 Å². The standard InChI is InChI=1S/C16H22N2O2S/c1-10(2)8-12-6-7-13-17-11(3)9-18(13)14(12)21-16(4,5)15(19)20/h6-7,9-10H,8H2,1-5H3,(H,19,20). The summed E-state index contributed by atoms with van der Waals surface area (Å²) in [5.74, 6) is -0.295. The lowest BCUT2D eigenvalue weighted by atomic mass is 10.0. The molecule has 21 heavy (non-hydrogen) atoms. The van der Waals surface area contributed by atoms with Gasteiger partial charge >= 0.3 is 5.97 Å². The van der Waals surface area contributed by atoms with Gasteiger partial charge in [-0.3, -0.25) is 9.20 Å².